The van der Waals surface area contributed by atoms with E-state index in [2.05, 4.69) is 15.0 Å². The maximum absolute atomic E-state index is 11.2. The van der Waals surface area contributed by atoms with Crippen LogP contribution in [0.5, 0.6) is 0 Å². The zero-order chi connectivity index (χ0) is 14.1. The average Bonchev–Trinajstić information content (AvgIpc) is 2.44. The van der Waals surface area contributed by atoms with Crippen molar-refractivity contribution in [3.05, 3.63) is 35.9 Å². The van der Waals surface area contributed by atoms with E-state index in [4.69, 9.17) is 12.2 Å². The smallest absolute Gasteiger partial charge is 0.327 e. The van der Waals surface area contributed by atoms with Gasteiger partial charge in [0.05, 0.1) is 7.11 Å². The zero-order valence-corrected chi connectivity index (χ0v) is 12.5. The van der Waals surface area contributed by atoms with E-state index < -0.39 is 0 Å². The van der Waals surface area contributed by atoms with Crippen LogP contribution in [0.15, 0.2) is 35.3 Å². The third kappa shape index (κ3) is 5.85. The molecule has 0 fully saturated rings. The summed E-state index contributed by atoms with van der Waals surface area (Å²) in [4.78, 5) is 15.4. The highest BCUT2D eigenvalue weighted by Gasteiger charge is 2.07. The van der Waals surface area contributed by atoms with E-state index in [1.54, 1.807) is 0 Å². The predicted octanol–water partition coefficient (Wildman–Crippen LogP) is 2.23. The summed E-state index contributed by atoms with van der Waals surface area (Å²) in [5, 5.41) is 3.05. The van der Waals surface area contributed by atoms with Gasteiger partial charge in [-0.05, 0) is 5.75 Å². The number of hydrogen-bond donors (Lipinski definition) is 1. The number of carbonyl (C=O) groups is 1. The first-order valence-corrected chi connectivity index (χ1v) is 7.17. The van der Waals surface area contributed by atoms with Crippen LogP contribution in [0.2, 0.25) is 0 Å². The molecule has 0 atom stereocenters. The zero-order valence-electron chi connectivity index (χ0n) is 10.9. The van der Waals surface area contributed by atoms with Crippen molar-refractivity contribution in [2.45, 2.75) is 6.92 Å². The van der Waals surface area contributed by atoms with Gasteiger partial charge in [-0.3, -0.25) is 9.79 Å². The molecule has 0 radical (unpaired) electrons. The molecule has 0 aliphatic carbocycles. The lowest BCUT2D eigenvalue weighted by Crippen LogP contribution is -2.29. The Morgan fingerprint density at radius 3 is 2.68 bits per heavy atom. The number of nitrogens with one attached hydrogen (secondary N) is 1. The van der Waals surface area contributed by atoms with Crippen LogP contribution in [-0.4, -0.2) is 35.5 Å². The van der Waals surface area contributed by atoms with E-state index >= 15 is 0 Å². The topological polar surface area (TPSA) is 50.7 Å². The standard InChI is InChI=1S/C13H16N2O2S2/c1-3-19-13(18)15-12(14-9-11(16)17-2)10-7-5-4-6-8-10/h4-8H,3,9H2,1-2H3,(H,14,15,18). The van der Waals surface area contributed by atoms with Crippen LogP contribution in [0.3, 0.4) is 0 Å². The molecule has 102 valence electrons. The van der Waals surface area contributed by atoms with Gasteiger partial charge >= 0.3 is 5.97 Å². The predicted molar refractivity (Wildman–Crippen MR) is 83.7 cm³/mol. The Morgan fingerprint density at radius 1 is 1.42 bits per heavy atom. The SMILES string of the molecule is CCSC(=S)NC(=NCC(=O)OC)c1ccccc1. The first-order valence-electron chi connectivity index (χ1n) is 5.77. The number of thiocarbonyl (C=S) groups is 1. The maximum Gasteiger partial charge on any atom is 0.327 e. The van der Waals surface area contributed by atoms with E-state index in [9.17, 15) is 4.79 Å². The van der Waals surface area contributed by atoms with Gasteiger partial charge in [0, 0.05) is 5.56 Å². The van der Waals surface area contributed by atoms with Crippen molar-refractivity contribution >= 4 is 40.1 Å². The number of aliphatic imine (C=N–C) groups is 1. The molecule has 1 aromatic rings. The summed E-state index contributed by atoms with van der Waals surface area (Å²) in [6.07, 6.45) is 0. The Morgan fingerprint density at radius 2 is 2.11 bits per heavy atom. The summed E-state index contributed by atoms with van der Waals surface area (Å²) in [6, 6.07) is 9.53. The van der Waals surface area contributed by atoms with E-state index in [0.717, 1.165) is 11.3 Å². The molecule has 6 heteroatoms. The third-order valence-corrected chi connectivity index (χ3v) is 3.25. The molecule has 0 bridgehead atoms. The van der Waals surface area contributed by atoms with E-state index in [-0.39, 0.29) is 12.5 Å². The van der Waals surface area contributed by atoms with Gasteiger partial charge in [0.25, 0.3) is 0 Å². The second-order valence-corrected chi connectivity index (χ2v) is 5.39. The lowest BCUT2D eigenvalue weighted by molar-refractivity contribution is -0.138. The van der Waals surface area contributed by atoms with Crippen LogP contribution in [0, 0.1) is 0 Å². The van der Waals surface area contributed by atoms with Gasteiger partial charge in [0.2, 0.25) is 0 Å². The number of ether oxygens (including phenoxy) is 1. The van der Waals surface area contributed by atoms with Crippen molar-refractivity contribution in [1.82, 2.24) is 5.32 Å². The molecule has 4 nitrogen and oxygen atoms in total. The van der Waals surface area contributed by atoms with Gasteiger partial charge in [-0.2, -0.15) is 0 Å². The minimum absolute atomic E-state index is 0.0346. The fourth-order valence-electron chi connectivity index (χ4n) is 1.27. The molecule has 0 unspecified atom stereocenters. The summed E-state index contributed by atoms with van der Waals surface area (Å²) in [5.41, 5.74) is 0.880. The highest BCUT2D eigenvalue weighted by Crippen LogP contribution is 2.05. The number of thioether (sulfide) groups is 1. The molecule has 0 aromatic heterocycles. The quantitative estimate of drug-likeness (QED) is 0.400. The van der Waals surface area contributed by atoms with Crippen LogP contribution in [-0.2, 0) is 9.53 Å². The highest BCUT2D eigenvalue weighted by molar-refractivity contribution is 8.23. The Labute approximate surface area is 122 Å². The summed E-state index contributed by atoms with van der Waals surface area (Å²) in [7, 11) is 1.34. The molecule has 0 spiro atoms. The minimum Gasteiger partial charge on any atom is -0.468 e. The Kier molecular flexibility index (Phi) is 7.14. The summed E-state index contributed by atoms with van der Waals surface area (Å²) < 4.78 is 5.21. The maximum atomic E-state index is 11.2. The lowest BCUT2D eigenvalue weighted by atomic mass is 10.2. The van der Waals surface area contributed by atoms with Gasteiger partial charge in [-0.25, -0.2) is 0 Å². The molecular weight excluding hydrogens is 280 g/mol. The molecule has 1 rings (SSSR count). The van der Waals surface area contributed by atoms with Gasteiger partial charge in [0.15, 0.2) is 0 Å². The molecular formula is C13H16N2O2S2. The number of rotatable bonds is 4. The Balaban J connectivity index is 2.85. The fourth-order valence-corrected chi connectivity index (χ4v) is 2.15. The summed E-state index contributed by atoms with van der Waals surface area (Å²) >= 11 is 6.71. The molecule has 1 aromatic carbocycles. The van der Waals surface area contributed by atoms with Crippen molar-refractivity contribution in [2.24, 2.45) is 4.99 Å². The molecule has 0 aliphatic rings. The van der Waals surface area contributed by atoms with Gasteiger partial charge < -0.3 is 10.1 Å². The van der Waals surface area contributed by atoms with E-state index in [1.807, 2.05) is 37.3 Å². The fraction of sp³-hybridized carbons (Fsp3) is 0.308. The molecule has 0 saturated heterocycles. The van der Waals surface area contributed by atoms with Crippen LogP contribution in [0.1, 0.15) is 12.5 Å². The van der Waals surface area contributed by atoms with Crippen molar-refractivity contribution in [3.8, 4) is 0 Å². The number of hydrogen-bond acceptors (Lipinski definition) is 5. The van der Waals surface area contributed by atoms with Crippen molar-refractivity contribution < 1.29 is 9.53 Å². The monoisotopic (exact) mass is 296 g/mol. The number of esters is 1. The molecule has 1 N–H and O–H groups in total. The molecule has 19 heavy (non-hydrogen) atoms. The number of carbonyl (C=O) groups excluding carboxylic acids is 1. The highest BCUT2D eigenvalue weighted by atomic mass is 32.2. The molecule has 0 aliphatic heterocycles. The summed E-state index contributed by atoms with van der Waals surface area (Å²) in [6.45, 7) is 1.99. The van der Waals surface area contributed by atoms with Crippen LogP contribution in [0.25, 0.3) is 0 Å². The van der Waals surface area contributed by atoms with Crippen LogP contribution < -0.4 is 5.32 Å². The number of methoxy groups -OCH3 is 1. The largest absolute Gasteiger partial charge is 0.468 e. The number of nitrogens with zero attached hydrogens (tertiary/aromatic N) is 1. The number of amidine groups is 1. The van der Waals surface area contributed by atoms with Crippen molar-refractivity contribution in [2.75, 3.05) is 19.4 Å². The van der Waals surface area contributed by atoms with Crippen molar-refractivity contribution in [1.29, 1.82) is 0 Å². The molecule has 0 heterocycles. The third-order valence-electron chi connectivity index (χ3n) is 2.14. The molecule has 0 saturated carbocycles. The van der Waals surface area contributed by atoms with Gasteiger partial charge in [0.1, 0.15) is 16.7 Å². The molecule has 0 amide bonds. The second kappa shape index (κ2) is 8.66. The van der Waals surface area contributed by atoms with E-state index in [1.165, 1.54) is 18.9 Å². The normalized spacial score (nSPS) is 10.9. The van der Waals surface area contributed by atoms with Crippen LogP contribution >= 0.6 is 24.0 Å². The first kappa shape index (κ1) is 15.7. The van der Waals surface area contributed by atoms with Gasteiger partial charge in [-0.15, -0.1) is 0 Å². The first-order chi connectivity index (χ1) is 9.17. The Hall–Kier alpha value is -1.40. The van der Waals surface area contributed by atoms with Crippen molar-refractivity contribution in [3.63, 3.8) is 0 Å². The second-order valence-electron chi connectivity index (χ2n) is 3.45. The van der Waals surface area contributed by atoms with E-state index in [0.29, 0.717) is 10.2 Å². The lowest BCUT2D eigenvalue weighted by Gasteiger charge is -2.10. The minimum atomic E-state index is -0.385. The number of benzene rings is 1. The van der Waals surface area contributed by atoms with Crippen LogP contribution in [0.4, 0.5) is 0 Å². The summed E-state index contributed by atoms with van der Waals surface area (Å²) in [5.74, 6) is 1.08. The van der Waals surface area contributed by atoms with Gasteiger partial charge in [-0.1, -0.05) is 61.2 Å². The average molecular weight is 296 g/mol. The Bertz CT molecular complexity index is 461.